The Morgan fingerprint density at radius 3 is 2.86 bits per heavy atom. The minimum Gasteiger partial charge on any atom is -0.481 e. The minimum atomic E-state index is -1.16. The van der Waals surface area contributed by atoms with Gasteiger partial charge >= 0.3 is 5.97 Å². The van der Waals surface area contributed by atoms with Gasteiger partial charge in [0.25, 0.3) is 0 Å². The van der Waals surface area contributed by atoms with Gasteiger partial charge in [0.1, 0.15) is 18.7 Å². The molecule has 0 spiro atoms. The van der Waals surface area contributed by atoms with Crippen LogP contribution in [0.1, 0.15) is 31.7 Å². The number of nitriles is 1. The average molecular weight is 496 g/mol. The molecule has 0 bridgehead atoms. The van der Waals surface area contributed by atoms with E-state index in [2.05, 4.69) is 41.0 Å². The molecule has 1 unspecified atom stereocenters. The van der Waals surface area contributed by atoms with Crippen LogP contribution >= 0.6 is 0 Å². The summed E-state index contributed by atoms with van der Waals surface area (Å²) in [4.78, 5) is 20.1. The van der Waals surface area contributed by atoms with Crippen molar-refractivity contribution < 1.29 is 14.6 Å². The number of aromatic nitrogens is 5. The number of carbonyl (C=O) groups is 1. The van der Waals surface area contributed by atoms with Crippen LogP contribution in [-0.2, 0) is 16.3 Å². The lowest BCUT2D eigenvalue weighted by molar-refractivity contribution is -0.136. The van der Waals surface area contributed by atoms with Gasteiger partial charge in [-0.1, -0.05) is 19.6 Å². The fraction of sp³-hybridized carbons (Fsp3) is 0.542. The Morgan fingerprint density at radius 2 is 2.17 bits per heavy atom. The second-order valence-corrected chi connectivity index (χ2v) is 15.9. The van der Waals surface area contributed by atoms with Gasteiger partial charge in [-0.25, -0.2) is 9.97 Å². The van der Waals surface area contributed by atoms with Crippen LogP contribution in [0.15, 0.2) is 24.8 Å². The fourth-order valence-corrected chi connectivity index (χ4v) is 4.82. The number of anilines is 1. The lowest BCUT2D eigenvalue weighted by Gasteiger charge is -2.15. The van der Waals surface area contributed by atoms with Gasteiger partial charge in [-0.2, -0.15) is 10.4 Å². The van der Waals surface area contributed by atoms with Crippen LogP contribution in [-0.4, -0.2) is 56.6 Å². The van der Waals surface area contributed by atoms with Crippen molar-refractivity contribution in [3.05, 3.63) is 24.8 Å². The molecule has 1 aliphatic carbocycles. The highest BCUT2D eigenvalue weighted by atomic mass is 28.3. The predicted octanol–water partition coefficient (Wildman–Crippen LogP) is 4.36. The molecule has 1 atom stereocenters. The molecule has 0 saturated heterocycles. The molecule has 3 heterocycles. The number of rotatable bonds is 13. The van der Waals surface area contributed by atoms with Gasteiger partial charge in [0.2, 0.25) is 0 Å². The van der Waals surface area contributed by atoms with E-state index in [-0.39, 0.29) is 19.0 Å². The number of hydrogen-bond donors (Lipinski definition) is 2. The molecule has 4 rings (SSSR count). The molecule has 186 valence electrons. The number of nitrogens with one attached hydrogen (secondary N) is 1. The summed E-state index contributed by atoms with van der Waals surface area (Å²) in [5.74, 6) is 0.123. The normalized spacial score (nSPS) is 14.7. The molecule has 10 nitrogen and oxygen atoms in total. The average Bonchev–Trinajstić information content (AvgIpc) is 3.42. The maximum absolute atomic E-state index is 11.0. The molecule has 0 radical (unpaired) electrons. The molecule has 0 amide bonds. The Balaban J connectivity index is 1.63. The van der Waals surface area contributed by atoms with E-state index >= 15 is 0 Å². The van der Waals surface area contributed by atoms with Crippen molar-refractivity contribution in [3.63, 3.8) is 0 Å². The van der Waals surface area contributed by atoms with E-state index in [1.54, 1.807) is 0 Å². The first-order valence-electron chi connectivity index (χ1n) is 12.1. The zero-order valence-corrected chi connectivity index (χ0v) is 21.6. The van der Waals surface area contributed by atoms with Crippen molar-refractivity contribution in [2.24, 2.45) is 5.92 Å². The molecule has 1 fully saturated rings. The zero-order valence-electron chi connectivity index (χ0n) is 20.6. The maximum atomic E-state index is 11.0. The van der Waals surface area contributed by atoms with Crippen LogP contribution in [0, 0.1) is 17.2 Å². The molecule has 35 heavy (non-hydrogen) atoms. The van der Waals surface area contributed by atoms with Gasteiger partial charge in [0.05, 0.1) is 36.2 Å². The van der Waals surface area contributed by atoms with Gasteiger partial charge in [0, 0.05) is 39.0 Å². The number of carboxylic acids is 1. The van der Waals surface area contributed by atoms with E-state index in [9.17, 15) is 10.1 Å². The number of hydrogen-bond acceptors (Lipinski definition) is 7. The highest BCUT2D eigenvalue weighted by Gasteiger charge is 2.34. The Bertz CT molecular complexity index is 1220. The molecule has 3 aromatic heterocycles. The van der Waals surface area contributed by atoms with E-state index in [0.717, 1.165) is 42.1 Å². The number of carboxylic acid groups (broad SMARTS) is 1. The Morgan fingerprint density at radius 1 is 1.37 bits per heavy atom. The van der Waals surface area contributed by atoms with Gasteiger partial charge in [-0.05, 0) is 30.9 Å². The largest absolute Gasteiger partial charge is 0.481 e. The molecular weight excluding hydrogens is 462 g/mol. The Kier molecular flexibility index (Phi) is 7.52. The summed E-state index contributed by atoms with van der Waals surface area (Å²) in [6.07, 6.45) is 7.92. The smallest absolute Gasteiger partial charge is 0.305 e. The van der Waals surface area contributed by atoms with Gasteiger partial charge in [-0.3, -0.25) is 9.48 Å². The summed E-state index contributed by atoms with van der Waals surface area (Å²) in [5, 5.41) is 27.2. The third-order valence-electron chi connectivity index (χ3n) is 6.21. The molecule has 3 aromatic rings. The van der Waals surface area contributed by atoms with Crippen molar-refractivity contribution in [1.29, 1.82) is 5.26 Å². The number of ether oxygens (including phenoxy) is 1. The van der Waals surface area contributed by atoms with E-state index in [1.807, 2.05) is 27.7 Å². The first-order valence-corrected chi connectivity index (χ1v) is 15.8. The van der Waals surface area contributed by atoms with Crippen LogP contribution in [0.2, 0.25) is 25.7 Å². The maximum Gasteiger partial charge on any atom is 0.305 e. The summed E-state index contributed by atoms with van der Waals surface area (Å²) in [5.41, 5.74) is 2.25. The second-order valence-electron chi connectivity index (χ2n) is 10.3. The lowest BCUT2D eigenvalue weighted by atomic mass is 10.1. The summed E-state index contributed by atoms with van der Waals surface area (Å²) in [6.45, 7) is 8.36. The third kappa shape index (κ3) is 6.26. The number of fused-ring (bicyclic) bond motifs is 1. The summed E-state index contributed by atoms with van der Waals surface area (Å²) in [6, 6.07) is 5.35. The Hall–Kier alpha value is -3.23. The topological polar surface area (TPSA) is 131 Å². The summed E-state index contributed by atoms with van der Waals surface area (Å²) in [7, 11) is -1.16. The highest BCUT2D eigenvalue weighted by Crippen LogP contribution is 2.42. The first-order chi connectivity index (χ1) is 16.8. The standard InChI is InChI=1S/C24H33N7O3Si/c1-35(2,3)13-12-34-16-30-11-8-18-22(27-15-28-24(18)30)19-14-31(20(6-9-25)17-4-5-17)29-23(19)26-10-7-21(32)33/h8,11,14-15,17,20H,4-7,10,12-13,16H2,1-3H3,(H,26,29)(H,32,33). The fourth-order valence-electron chi connectivity index (χ4n) is 4.07. The van der Waals surface area contributed by atoms with Crippen LogP contribution in [0.25, 0.3) is 22.3 Å². The SMILES string of the molecule is C[Si](C)(C)CCOCn1ccc2c(-c3cn(C(CC#N)C4CC4)nc3NCCC(=O)O)ncnc21. The zero-order chi connectivity index (χ0) is 25.0. The van der Waals surface area contributed by atoms with Crippen molar-refractivity contribution in [3.8, 4) is 17.3 Å². The molecule has 0 aromatic carbocycles. The monoisotopic (exact) mass is 495 g/mol. The molecular formula is C24H33N7O3Si. The van der Waals surface area contributed by atoms with Crippen molar-refractivity contribution >= 4 is 30.9 Å². The van der Waals surface area contributed by atoms with Crippen molar-refractivity contribution in [2.75, 3.05) is 18.5 Å². The van der Waals surface area contributed by atoms with E-state index in [4.69, 9.17) is 14.9 Å². The van der Waals surface area contributed by atoms with E-state index < -0.39 is 14.0 Å². The van der Waals surface area contributed by atoms with Gasteiger partial charge in [0.15, 0.2) is 5.82 Å². The lowest BCUT2D eigenvalue weighted by Crippen LogP contribution is -2.22. The molecule has 1 saturated carbocycles. The first kappa shape index (κ1) is 24.9. The summed E-state index contributed by atoms with van der Waals surface area (Å²) >= 11 is 0. The number of nitrogens with zero attached hydrogens (tertiary/aromatic N) is 6. The third-order valence-corrected chi connectivity index (χ3v) is 7.91. The minimum absolute atomic E-state index is 0.00420. The van der Waals surface area contributed by atoms with Gasteiger partial charge < -0.3 is 19.7 Å². The summed E-state index contributed by atoms with van der Waals surface area (Å²) < 4.78 is 9.74. The van der Waals surface area contributed by atoms with Crippen LogP contribution < -0.4 is 5.32 Å². The number of aliphatic carboxylic acids is 1. The van der Waals surface area contributed by atoms with Crippen molar-refractivity contribution in [1.82, 2.24) is 24.3 Å². The van der Waals surface area contributed by atoms with E-state index in [0.29, 0.717) is 30.6 Å². The Labute approximate surface area is 205 Å². The van der Waals surface area contributed by atoms with Crippen LogP contribution in [0.5, 0.6) is 0 Å². The van der Waals surface area contributed by atoms with Crippen molar-refractivity contribution in [2.45, 2.75) is 64.1 Å². The van der Waals surface area contributed by atoms with Crippen LogP contribution in [0.3, 0.4) is 0 Å². The molecule has 11 heteroatoms. The van der Waals surface area contributed by atoms with Gasteiger partial charge in [-0.15, -0.1) is 0 Å². The van der Waals surface area contributed by atoms with E-state index in [1.165, 1.54) is 6.33 Å². The molecule has 2 N–H and O–H groups in total. The highest BCUT2D eigenvalue weighted by molar-refractivity contribution is 6.76. The molecule has 0 aliphatic heterocycles. The molecule has 1 aliphatic rings. The quantitative estimate of drug-likeness (QED) is 0.264. The van der Waals surface area contributed by atoms with Crippen LogP contribution in [0.4, 0.5) is 5.82 Å². The predicted molar refractivity (Wildman–Crippen MR) is 136 cm³/mol. The second kappa shape index (κ2) is 10.6.